The molecule has 0 amide bonds. The molecule has 0 aliphatic rings. The maximum atomic E-state index is 12.0. The topological polar surface area (TPSA) is 44.1 Å². The van der Waals surface area contributed by atoms with Gasteiger partial charge in [0, 0.05) is 0 Å². The van der Waals surface area contributed by atoms with Crippen LogP contribution >= 0.6 is 11.6 Å². The Bertz CT molecular complexity index is 380. The summed E-state index contributed by atoms with van der Waals surface area (Å²) in [6.07, 6.45) is -1.67. The van der Waals surface area contributed by atoms with E-state index < -0.39 is 18.5 Å². The zero-order chi connectivity index (χ0) is 10.7. The molecule has 0 radical (unpaired) electrons. The summed E-state index contributed by atoms with van der Waals surface area (Å²) in [4.78, 5) is 14.9. The summed E-state index contributed by atoms with van der Waals surface area (Å²) in [5.74, 6) is -0.227. The van der Waals surface area contributed by atoms with Crippen molar-refractivity contribution < 1.29 is 13.5 Å². The fourth-order valence-corrected chi connectivity index (χ4v) is 1.10. The summed E-state index contributed by atoms with van der Waals surface area (Å²) < 4.78 is 29.3. The molecule has 0 fully saturated rings. The van der Waals surface area contributed by atoms with E-state index in [1.54, 1.807) is 0 Å². The van der Waals surface area contributed by atoms with E-state index in [9.17, 15) is 13.6 Å². The van der Waals surface area contributed by atoms with Crippen molar-refractivity contribution in [2.75, 3.05) is 7.11 Å². The highest BCUT2D eigenvalue weighted by molar-refractivity contribution is 6.30. The number of alkyl halides is 2. The van der Waals surface area contributed by atoms with Crippen LogP contribution in [0.1, 0.15) is 0 Å². The molecule has 7 heteroatoms. The summed E-state index contributed by atoms with van der Waals surface area (Å²) in [5, 5.41) is -0.136. The van der Waals surface area contributed by atoms with Crippen molar-refractivity contribution in [2.45, 2.75) is 13.0 Å². The van der Waals surface area contributed by atoms with E-state index in [0.29, 0.717) is 0 Å². The van der Waals surface area contributed by atoms with Gasteiger partial charge in [0.1, 0.15) is 0 Å². The van der Waals surface area contributed by atoms with Gasteiger partial charge in [-0.05, 0) is 0 Å². The van der Waals surface area contributed by atoms with Gasteiger partial charge in [0.05, 0.1) is 20.0 Å². The Morgan fingerprint density at radius 2 is 2.36 bits per heavy atom. The molecule has 0 aliphatic heterocycles. The van der Waals surface area contributed by atoms with Crippen molar-refractivity contribution in [3.8, 4) is 5.75 Å². The molecule has 1 aromatic rings. The van der Waals surface area contributed by atoms with Gasteiger partial charge in [0.2, 0.25) is 5.75 Å². The maximum absolute atomic E-state index is 12.0. The van der Waals surface area contributed by atoms with Crippen LogP contribution in [0.25, 0.3) is 0 Å². The molecule has 0 aromatic carbocycles. The first-order valence-electron chi connectivity index (χ1n) is 3.63. The Balaban J connectivity index is 3.15. The van der Waals surface area contributed by atoms with E-state index in [4.69, 9.17) is 11.6 Å². The fraction of sp³-hybridized carbons (Fsp3) is 0.429. The van der Waals surface area contributed by atoms with Crippen LogP contribution in [0.2, 0.25) is 5.15 Å². The molecule has 4 nitrogen and oxygen atoms in total. The van der Waals surface area contributed by atoms with Crippen molar-refractivity contribution in [3.63, 3.8) is 0 Å². The van der Waals surface area contributed by atoms with Crippen LogP contribution in [0.5, 0.6) is 5.75 Å². The minimum atomic E-state index is -2.62. The Morgan fingerprint density at radius 1 is 1.71 bits per heavy atom. The van der Waals surface area contributed by atoms with Crippen molar-refractivity contribution in [1.29, 1.82) is 0 Å². The molecule has 0 saturated heterocycles. The molecule has 1 rings (SSSR count). The van der Waals surface area contributed by atoms with Crippen molar-refractivity contribution in [1.82, 2.24) is 9.55 Å². The number of nitrogens with zero attached hydrogens (tertiary/aromatic N) is 2. The number of hydrogen-bond donors (Lipinski definition) is 0. The number of aromatic nitrogens is 2. The van der Waals surface area contributed by atoms with Crippen molar-refractivity contribution >= 4 is 11.6 Å². The minimum Gasteiger partial charge on any atom is -0.489 e. The molecule has 0 N–H and O–H groups in total. The summed E-state index contributed by atoms with van der Waals surface area (Å²) in [7, 11) is 1.22. The van der Waals surface area contributed by atoms with Crippen LogP contribution in [-0.4, -0.2) is 23.1 Å². The number of hydrogen-bond acceptors (Lipinski definition) is 3. The van der Waals surface area contributed by atoms with Gasteiger partial charge in [0.15, 0.2) is 5.15 Å². The second-order valence-electron chi connectivity index (χ2n) is 2.42. The molecule has 0 unspecified atom stereocenters. The lowest BCUT2D eigenvalue weighted by molar-refractivity contribution is 0.124. The average Bonchev–Trinajstić information content (AvgIpc) is 2.10. The summed E-state index contributed by atoms with van der Waals surface area (Å²) in [6, 6.07) is 0. The van der Waals surface area contributed by atoms with Crippen LogP contribution in [0, 0.1) is 0 Å². The monoisotopic (exact) mass is 224 g/mol. The first kappa shape index (κ1) is 10.9. The average molecular weight is 225 g/mol. The molecule has 0 spiro atoms. The number of methoxy groups -OCH3 is 1. The number of halogens is 3. The molecule has 1 heterocycles. The van der Waals surface area contributed by atoms with Crippen LogP contribution in [0.15, 0.2) is 11.1 Å². The zero-order valence-electron chi connectivity index (χ0n) is 7.21. The van der Waals surface area contributed by atoms with Crippen LogP contribution in [0.3, 0.4) is 0 Å². The largest absolute Gasteiger partial charge is 0.489 e. The molecule has 1 aromatic heterocycles. The van der Waals surface area contributed by atoms with Gasteiger partial charge in [-0.15, -0.1) is 0 Å². The zero-order valence-corrected chi connectivity index (χ0v) is 7.96. The van der Waals surface area contributed by atoms with E-state index >= 15 is 0 Å². The van der Waals surface area contributed by atoms with Gasteiger partial charge >= 0.3 is 0 Å². The van der Waals surface area contributed by atoms with E-state index in [1.165, 1.54) is 7.11 Å². The summed E-state index contributed by atoms with van der Waals surface area (Å²) in [5.41, 5.74) is -0.715. The normalized spacial score (nSPS) is 10.6. The van der Waals surface area contributed by atoms with Crippen LogP contribution < -0.4 is 10.3 Å². The van der Waals surface area contributed by atoms with Gasteiger partial charge in [-0.1, -0.05) is 11.6 Å². The van der Waals surface area contributed by atoms with Crippen LogP contribution in [0.4, 0.5) is 8.78 Å². The Morgan fingerprint density at radius 3 is 2.86 bits per heavy atom. The molecule has 78 valence electrons. The highest BCUT2D eigenvalue weighted by atomic mass is 35.5. The van der Waals surface area contributed by atoms with Gasteiger partial charge in [-0.3, -0.25) is 9.36 Å². The smallest absolute Gasteiger partial charge is 0.297 e. The standard InChI is InChI=1S/C7H7ClF2N2O2/c1-14-5-6(8)11-3-12(7(5)13)2-4(9)10/h3-4H,2H2,1H3. The summed E-state index contributed by atoms with van der Waals surface area (Å²) >= 11 is 5.50. The Labute approximate surface area is 83.1 Å². The lowest BCUT2D eigenvalue weighted by Crippen LogP contribution is -2.24. The molecule has 0 aliphatic carbocycles. The van der Waals surface area contributed by atoms with Gasteiger partial charge in [-0.2, -0.15) is 0 Å². The predicted octanol–water partition coefficient (Wildman–Crippen LogP) is 1.17. The second kappa shape index (κ2) is 4.36. The first-order valence-corrected chi connectivity index (χ1v) is 4.01. The third kappa shape index (κ3) is 2.20. The van der Waals surface area contributed by atoms with Gasteiger partial charge in [0.25, 0.3) is 12.0 Å². The van der Waals surface area contributed by atoms with E-state index in [2.05, 4.69) is 9.72 Å². The van der Waals surface area contributed by atoms with Gasteiger partial charge in [-0.25, -0.2) is 13.8 Å². The Hall–Kier alpha value is -1.17. The van der Waals surface area contributed by atoms with E-state index in [0.717, 1.165) is 10.9 Å². The summed E-state index contributed by atoms with van der Waals surface area (Å²) in [6.45, 7) is -0.723. The van der Waals surface area contributed by atoms with Crippen molar-refractivity contribution in [2.24, 2.45) is 0 Å². The number of rotatable bonds is 3. The molecule has 0 saturated carbocycles. The lowest BCUT2D eigenvalue weighted by atomic mass is 10.5. The van der Waals surface area contributed by atoms with E-state index in [-0.39, 0.29) is 10.9 Å². The quantitative estimate of drug-likeness (QED) is 0.724. The highest BCUT2D eigenvalue weighted by Gasteiger charge is 2.12. The third-order valence-corrected chi connectivity index (χ3v) is 1.76. The molecule has 0 atom stereocenters. The minimum absolute atomic E-state index is 0.136. The van der Waals surface area contributed by atoms with Crippen LogP contribution in [-0.2, 0) is 6.54 Å². The highest BCUT2D eigenvalue weighted by Crippen LogP contribution is 2.14. The number of ether oxygens (including phenoxy) is 1. The van der Waals surface area contributed by atoms with Crippen molar-refractivity contribution in [3.05, 3.63) is 21.8 Å². The second-order valence-corrected chi connectivity index (χ2v) is 2.78. The molecular weight excluding hydrogens is 218 g/mol. The molecule has 14 heavy (non-hydrogen) atoms. The fourth-order valence-electron chi connectivity index (χ4n) is 0.900. The van der Waals surface area contributed by atoms with Gasteiger partial charge < -0.3 is 4.74 Å². The van der Waals surface area contributed by atoms with E-state index in [1.807, 2.05) is 0 Å². The first-order chi connectivity index (χ1) is 6.56. The third-order valence-electron chi connectivity index (χ3n) is 1.49. The Kier molecular flexibility index (Phi) is 3.40. The lowest BCUT2D eigenvalue weighted by Gasteiger charge is -2.06. The molecule has 0 bridgehead atoms. The molecular formula is C7H7ClF2N2O2. The SMILES string of the molecule is COc1c(Cl)ncn(CC(F)F)c1=O. The predicted molar refractivity (Wildman–Crippen MR) is 46.1 cm³/mol. The maximum Gasteiger partial charge on any atom is 0.297 e.